The Hall–Kier alpha value is -1.32. The molecule has 0 bridgehead atoms. The largest absolute Gasteiger partial charge is 0.550 e. The first-order valence-corrected chi connectivity index (χ1v) is 11.1. The Bertz CT molecular complexity index is 390. The van der Waals surface area contributed by atoms with Gasteiger partial charge in [-0.25, -0.2) is 0 Å². The number of allylic oxidation sites excluding steroid dienone is 1. The number of carboxylic acid groups (broad SMARTS) is 1. The first-order chi connectivity index (χ1) is 13.1. The van der Waals surface area contributed by atoms with Gasteiger partial charge in [0.1, 0.15) is 0 Å². The average Bonchev–Trinajstić information content (AvgIpc) is 2.65. The fourth-order valence-corrected chi connectivity index (χ4v) is 3.28. The second-order valence-corrected chi connectivity index (χ2v) is 7.52. The maximum absolute atomic E-state index is 11.5. The van der Waals surface area contributed by atoms with Crippen molar-refractivity contribution in [2.24, 2.45) is 5.92 Å². The van der Waals surface area contributed by atoms with Crippen molar-refractivity contribution in [2.75, 3.05) is 7.11 Å². The van der Waals surface area contributed by atoms with Gasteiger partial charge in [-0.1, -0.05) is 103 Å². The van der Waals surface area contributed by atoms with E-state index in [1.165, 1.54) is 90.6 Å². The van der Waals surface area contributed by atoms with Gasteiger partial charge in [-0.2, -0.15) is 0 Å². The summed E-state index contributed by atoms with van der Waals surface area (Å²) in [6, 6.07) is 0. The van der Waals surface area contributed by atoms with Crippen molar-refractivity contribution in [3.8, 4) is 0 Å². The highest BCUT2D eigenvalue weighted by Crippen LogP contribution is 2.14. The third kappa shape index (κ3) is 17.8. The van der Waals surface area contributed by atoms with Gasteiger partial charge in [-0.15, -0.1) is 0 Å². The molecule has 1 unspecified atom stereocenters. The van der Waals surface area contributed by atoms with Crippen molar-refractivity contribution in [2.45, 2.75) is 110 Å². The van der Waals surface area contributed by atoms with Crippen LogP contribution in [-0.4, -0.2) is 19.0 Å². The Kier molecular flexibility index (Phi) is 18.5. The smallest absolute Gasteiger partial charge is 0.312 e. The van der Waals surface area contributed by atoms with Crippen molar-refractivity contribution < 1.29 is 19.4 Å². The highest BCUT2D eigenvalue weighted by Gasteiger charge is 2.15. The van der Waals surface area contributed by atoms with Crippen LogP contribution >= 0.6 is 0 Å². The van der Waals surface area contributed by atoms with Crippen LogP contribution in [0.5, 0.6) is 0 Å². The molecule has 0 aliphatic carbocycles. The summed E-state index contributed by atoms with van der Waals surface area (Å²) in [4.78, 5) is 22.1. The van der Waals surface area contributed by atoms with Crippen LogP contribution in [-0.2, 0) is 14.3 Å². The Morgan fingerprint density at radius 1 is 0.815 bits per heavy atom. The van der Waals surface area contributed by atoms with E-state index >= 15 is 0 Å². The first-order valence-electron chi connectivity index (χ1n) is 11.1. The third-order valence-corrected chi connectivity index (χ3v) is 4.98. The second kappa shape index (κ2) is 19.4. The molecule has 0 aromatic carbocycles. The summed E-state index contributed by atoms with van der Waals surface area (Å²) < 4.78 is 4.61. The molecule has 27 heavy (non-hydrogen) atoms. The molecule has 0 aromatic rings. The van der Waals surface area contributed by atoms with E-state index < -0.39 is 17.9 Å². The summed E-state index contributed by atoms with van der Waals surface area (Å²) >= 11 is 0. The lowest BCUT2D eigenvalue weighted by molar-refractivity contribution is -0.306. The highest BCUT2D eigenvalue weighted by atomic mass is 16.5. The Morgan fingerprint density at radius 3 is 1.67 bits per heavy atom. The minimum atomic E-state index is -1.23. The van der Waals surface area contributed by atoms with Crippen LogP contribution in [0.4, 0.5) is 0 Å². The van der Waals surface area contributed by atoms with E-state index in [2.05, 4.69) is 11.7 Å². The zero-order valence-corrected chi connectivity index (χ0v) is 17.7. The van der Waals surface area contributed by atoms with Crippen molar-refractivity contribution in [1.29, 1.82) is 0 Å². The van der Waals surface area contributed by atoms with Crippen molar-refractivity contribution in [3.63, 3.8) is 0 Å². The van der Waals surface area contributed by atoms with Gasteiger partial charge in [-0.3, -0.25) is 4.79 Å². The zero-order chi connectivity index (χ0) is 20.2. The van der Waals surface area contributed by atoms with E-state index in [-0.39, 0.29) is 6.42 Å². The lowest BCUT2D eigenvalue weighted by Crippen LogP contribution is -2.28. The number of hydrogen-bond donors (Lipinski definition) is 0. The molecule has 0 saturated heterocycles. The monoisotopic (exact) mass is 381 g/mol. The van der Waals surface area contributed by atoms with Crippen molar-refractivity contribution >= 4 is 11.9 Å². The molecule has 0 radical (unpaired) electrons. The topological polar surface area (TPSA) is 66.4 Å². The minimum absolute atomic E-state index is 0.318. The van der Waals surface area contributed by atoms with Gasteiger partial charge >= 0.3 is 5.97 Å². The molecule has 0 saturated carbocycles. The van der Waals surface area contributed by atoms with Crippen molar-refractivity contribution in [1.82, 2.24) is 0 Å². The van der Waals surface area contributed by atoms with E-state index in [4.69, 9.17) is 0 Å². The Labute approximate surface area is 166 Å². The molecular formula is C23H41O4-. The molecule has 0 aromatic heterocycles. The number of carboxylic acids is 1. The van der Waals surface area contributed by atoms with Gasteiger partial charge in [0.25, 0.3) is 0 Å². The zero-order valence-electron chi connectivity index (χ0n) is 17.7. The van der Waals surface area contributed by atoms with Crippen LogP contribution in [0.2, 0.25) is 0 Å². The summed E-state index contributed by atoms with van der Waals surface area (Å²) in [6.45, 7) is 2.26. The van der Waals surface area contributed by atoms with E-state index in [1.54, 1.807) is 6.08 Å². The molecule has 1 atom stereocenters. The van der Waals surface area contributed by atoms with E-state index in [1.807, 2.05) is 6.08 Å². The lowest BCUT2D eigenvalue weighted by Gasteiger charge is -2.10. The summed E-state index contributed by atoms with van der Waals surface area (Å²) in [6.07, 6.45) is 22.7. The Morgan fingerprint density at radius 2 is 1.26 bits per heavy atom. The number of rotatable bonds is 19. The molecule has 0 rings (SSSR count). The predicted octanol–water partition coefficient (Wildman–Crippen LogP) is 5.34. The minimum Gasteiger partial charge on any atom is -0.550 e. The SMILES string of the molecule is CCCCCCCCCCCCCCCCC=CC(CC(=O)[O-])C(=O)OC. The van der Waals surface area contributed by atoms with Gasteiger partial charge in [-0.05, 0) is 12.8 Å². The molecule has 0 heterocycles. The molecule has 158 valence electrons. The molecule has 0 aliphatic rings. The van der Waals surface area contributed by atoms with E-state index in [0.29, 0.717) is 0 Å². The van der Waals surface area contributed by atoms with E-state index in [0.717, 1.165) is 12.8 Å². The van der Waals surface area contributed by atoms with Crippen molar-refractivity contribution in [3.05, 3.63) is 12.2 Å². The number of aliphatic carboxylic acids is 1. The Balaban J connectivity index is 3.45. The lowest BCUT2D eigenvalue weighted by atomic mass is 10.0. The van der Waals surface area contributed by atoms with Crippen LogP contribution in [0.25, 0.3) is 0 Å². The molecule has 0 N–H and O–H groups in total. The standard InChI is InChI=1S/C23H42O4/c1-3-4-5-6-7-8-9-10-11-12-13-14-15-16-17-18-19-21(20-22(24)25)23(26)27-2/h18-19,21H,3-17,20H2,1-2H3,(H,24,25)/p-1. The maximum atomic E-state index is 11.5. The summed E-state index contributed by atoms with van der Waals surface area (Å²) in [5, 5.41) is 10.6. The van der Waals surface area contributed by atoms with Gasteiger partial charge in [0.2, 0.25) is 0 Å². The number of ether oxygens (including phenoxy) is 1. The number of methoxy groups -OCH3 is 1. The number of carbonyl (C=O) groups excluding carboxylic acids is 2. The summed E-state index contributed by atoms with van der Waals surface area (Å²) in [7, 11) is 1.27. The van der Waals surface area contributed by atoms with Crippen LogP contribution in [0.1, 0.15) is 110 Å². The number of hydrogen-bond acceptors (Lipinski definition) is 4. The third-order valence-electron chi connectivity index (χ3n) is 4.98. The molecule has 0 fully saturated rings. The van der Waals surface area contributed by atoms with E-state index in [9.17, 15) is 14.7 Å². The number of esters is 1. The average molecular weight is 382 g/mol. The maximum Gasteiger partial charge on any atom is 0.312 e. The normalized spacial score (nSPS) is 12.4. The van der Waals surface area contributed by atoms with Crippen LogP contribution in [0.3, 0.4) is 0 Å². The predicted molar refractivity (Wildman–Crippen MR) is 109 cm³/mol. The van der Waals surface area contributed by atoms with Gasteiger partial charge < -0.3 is 14.6 Å². The quantitative estimate of drug-likeness (QED) is 0.172. The fourth-order valence-electron chi connectivity index (χ4n) is 3.28. The van der Waals surface area contributed by atoms with Crippen LogP contribution in [0.15, 0.2) is 12.2 Å². The number of unbranched alkanes of at least 4 members (excludes halogenated alkanes) is 14. The van der Waals surface area contributed by atoms with Gasteiger partial charge in [0.15, 0.2) is 0 Å². The molecule has 4 nitrogen and oxygen atoms in total. The van der Waals surface area contributed by atoms with Gasteiger partial charge in [0.05, 0.1) is 13.0 Å². The molecule has 0 aliphatic heterocycles. The molecule has 0 amide bonds. The summed E-state index contributed by atoms with van der Waals surface area (Å²) in [5.41, 5.74) is 0. The second-order valence-electron chi connectivity index (χ2n) is 7.52. The first kappa shape index (κ1) is 25.7. The fraction of sp³-hybridized carbons (Fsp3) is 0.826. The van der Waals surface area contributed by atoms with Crippen LogP contribution in [0, 0.1) is 5.92 Å². The number of carbonyl (C=O) groups is 2. The molecular weight excluding hydrogens is 340 g/mol. The highest BCUT2D eigenvalue weighted by molar-refractivity contribution is 5.79. The van der Waals surface area contributed by atoms with Gasteiger partial charge in [0, 0.05) is 12.4 Å². The summed E-state index contributed by atoms with van der Waals surface area (Å²) in [5.74, 6) is -2.48. The van der Waals surface area contributed by atoms with Crippen LogP contribution < -0.4 is 5.11 Å². The molecule has 4 heteroatoms. The molecule has 0 spiro atoms.